The molecule has 18 heavy (non-hydrogen) atoms. The van der Waals surface area contributed by atoms with Gasteiger partial charge in [-0.05, 0) is 18.6 Å². The van der Waals surface area contributed by atoms with Crippen molar-refractivity contribution in [3.05, 3.63) is 53.2 Å². The second-order valence-electron chi connectivity index (χ2n) is 3.86. The lowest BCUT2D eigenvalue weighted by atomic mass is 10.1. The van der Waals surface area contributed by atoms with Gasteiger partial charge in [-0.2, -0.15) is 0 Å². The summed E-state index contributed by atoms with van der Waals surface area (Å²) in [6.45, 7) is 1.49. The van der Waals surface area contributed by atoms with E-state index in [1.807, 2.05) is 6.07 Å². The maximum atomic E-state index is 11.2. The SMILES string of the molecule is CC(=O)c1cccc(Cc2nc(C(=O)O)co2)c1. The highest BCUT2D eigenvalue weighted by atomic mass is 16.4. The van der Waals surface area contributed by atoms with Crippen LogP contribution in [0.3, 0.4) is 0 Å². The van der Waals surface area contributed by atoms with Crippen molar-refractivity contribution in [3.8, 4) is 0 Å². The first-order valence-electron chi connectivity index (χ1n) is 5.34. The average Bonchev–Trinajstić information content (AvgIpc) is 2.78. The van der Waals surface area contributed by atoms with Crippen LogP contribution in [0.5, 0.6) is 0 Å². The fraction of sp³-hybridized carbons (Fsp3) is 0.154. The molecule has 2 aromatic rings. The average molecular weight is 245 g/mol. The lowest BCUT2D eigenvalue weighted by molar-refractivity contribution is 0.0690. The van der Waals surface area contributed by atoms with Crippen molar-refractivity contribution in [2.24, 2.45) is 0 Å². The lowest BCUT2D eigenvalue weighted by Crippen LogP contribution is -1.98. The van der Waals surface area contributed by atoms with E-state index in [-0.39, 0.29) is 11.5 Å². The number of carboxylic acids is 1. The van der Waals surface area contributed by atoms with Crippen molar-refractivity contribution in [2.75, 3.05) is 0 Å². The van der Waals surface area contributed by atoms with Gasteiger partial charge in [0, 0.05) is 12.0 Å². The first-order chi connectivity index (χ1) is 8.56. The van der Waals surface area contributed by atoms with Crippen molar-refractivity contribution in [3.63, 3.8) is 0 Å². The Balaban J connectivity index is 2.20. The van der Waals surface area contributed by atoms with E-state index < -0.39 is 5.97 Å². The third kappa shape index (κ3) is 2.63. The molecule has 0 aliphatic carbocycles. The van der Waals surface area contributed by atoms with Crippen molar-refractivity contribution in [1.82, 2.24) is 4.98 Å². The molecule has 0 unspecified atom stereocenters. The summed E-state index contributed by atoms with van der Waals surface area (Å²) in [6.07, 6.45) is 1.46. The number of Topliss-reactive ketones (excluding diaryl/α,β-unsaturated/α-hetero) is 1. The van der Waals surface area contributed by atoms with E-state index in [9.17, 15) is 9.59 Å². The maximum absolute atomic E-state index is 11.2. The van der Waals surface area contributed by atoms with Crippen LogP contribution < -0.4 is 0 Å². The summed E-state index contributed by atoms with van der Waals surface area (Å²) in [5.74, 6) is -0.828. The molecule has 0 aliphatic rings. The van der Waals surface area contributed by atoms with Crippen LogP contribution in [0.15, 0.2) is 34.9 Å². The smallest absolute Gasteiger partial charge is 0.357 e. The number of carbonyl (C=O) groups is 2. The summed E-state index contributed by atoms with van der Waals surface area (Å²) in [5.41, 5.74) is 1.34. The normalized spacial score (nSPS) is 10.3. The highest BCUT2D eigenvalue weighted by Gasteiger charge is 2.11. The zero-order valence-corrected chi connectivity index (χ0v) is 9.71. The fourth-order valence-electron chi connectivity index (χ4n) is 1.57. The van der Waals surface area contributed by atoms with E-state index in [0.717, 1.165) is 11.8 Å². The van der Waals surface area contributed by atoms with E-state index in [2.05, 4.69) is 4.98 Å². The Morgan fingerprint density at radius 2 is 2.17 bits per heavy atom. The van der Waals surface area contributed by atoms with Gasteiger partial charge in [0.05, 0.1) is 0 Å². The fourth-order valence-corrected chi connectivity index (χ4v) is 1.57. The van der Waals surface area contributed by atoms with Gasteiger partial charge < -0.3 is 9.52 Å². The first kappa shape index (κ1) is 12.0. The summed E-state index contributed by atoms with van der Waals surface area (Å²) in [5, 5.41) is 8.71. The van der Waals surface area contributed by atoms with Crippen molar-refractivity contribution < 1.29 is 19.1 Å². The predicted octanol–water partition coefficient (Wildman–Crippen LogP) is 2.17. The molecule has 0 radical (unpaired) electrons. The Morgan fingerprint density at radius 1 is 1.39 bits per heavy atom. The minimum atomic E-state index is -1.12. The quantitative estimate of drug-likeness (QED) is 0.835. The van der Waals surface area contributed by atoms with Crippen LogP contribution in [0.4, 0.5) is 0 Å². The van der Waals surface area contributed by atoms with Crippen molar-refractivity contribution in [2.45, 2.75) is 13.3 Å². The summed E-state index contributed by atoms with van der Waals surface area (Å²) >= 11 is 0. The highest BCUT2D eigenvalue weighted by molar-refractivity contribution is 5.94. The zero-order valence-electron chi connectivity index (χ0n) is 9.71. The molecule has 0 atom stereocenters. The van der Waals surface area contributed by atoms with Crippen molar-refractivity contribution >= 4 is 11.8 Å². The second kappa shape index (κ2) is 4.83. The largest absolute Gasteiger partial charge is 0.476 e. The van der Waals surface area contributed by atoms with Crippen LogP contribution in [-0.4, -0.2) is 21.8 Å². The Kier molecular flexibility index (Phi) is 3.23. The molecule has 1 aromatic carbocycles. The van der Waals surface area contributed by atoms with Crippen LogP contribution in [0, 0.1) is 0 Å². The van der Waals surface area contributed by atoms with Gasteiger partial charge in [0.15, 0.2) is 17.4 Å². The molecule has 0 fully saturated rings. The van der Waals surface area contributed by atoms with Crippen LogP contribution >= 0.6 is 0 Å². The minimum Gasteiger partial charge on any atom is -0.476 e. The summed E-state index contributed by atoms with van der Waals surface area (Å²) in [6, 6.07) is 7.07. The number of carboxylic acid groups (broad SMARTS) is 1. The number of aromatic carboxylic acids is 1. The number of hydrogen-bond acceptors (Lipinski definition) is 4. The number of ketones is 1. The maximum Gasteiger partial charge on any atom is 0.357 e. The molecule has 0 spiro atoms. The first-order valence-corrected chi connectivity index (χ1v) is 5.34. The Bertz CT molecular complexity index is 601. The number of hydrogen-bond donors (Lipinski definition) is 1. The molecule has 0 saturated carbocycles. The third-order valence-corrected chi connectivity index (χ3v) is 2.46. The molecule has 1 N–H and O–H groups in total. The van der Waals surface area contributed by atoms with Gasteiger partial charge in [-0.3, -0.25) is 4.79 Å². The molecule has 1 aromatic heterocycles. The molecular formula is C13H11NO4. The topological polar surface area (TPSA) is 80.4 Å². The lowest BCUT2D eigenvalue weighted by Gasteiger charge is -2.00. The van der Waals surface area contributed by atoms with Crippen LogP contribution in [-0.2, 0) is 6.42 Å². The Morgan fingerprint density at radius 3 is 2.78 bits per heavy atom. The molecule has 1 heterocycles. The van der Waals surface area contributed by atoms with Gasteiger partial charge in [0.2, 0.25) is 0 Å². The number of oxazole rings is 1. The van der Waals surface area contributed by atoms with Gasteiger partial charge in [0.1, 0.15) is 6.26 Å². The van der Waals surface area contributed by atoms with Crippen LogP contribution in [0.25, 0.3) is 0 Å². The van der Waals surface area contributed by atoms with E-state index in [4.69, 9.17) is 9.52 Å². The van der Waals surface area contributed by atoms with Gasteiger partial charge in [0.25, 0.3) is 0 Å². The standard InChI is InChI=1S/C13H11NO4/c1-8(15)10-4-2-3-9(5-10)6-12-14-11(7-18-12)13(16)17/h2-5,7H,6H2,1H3,(H,16,17). The molecule has 92 valence electrons. The molecular weight excluding hydrogens is 234 g/mol. The molecule has 5 nitrogen and oxygen atoms in total. The summed E-state index contributed by atoms with van der Waals surface area (Å²) < 4.78 is 5.05. The Labute approximate surface area is 103 Å². The van der Waals surface area contributed by atoms with Crippen LogP contribution in [0.2, 0.25) is 0 Å². The summed E-state index contributed by atoms with van der Waals surface area (Å²) in [7, 11) is 0. The highest BCUT2D eigenvalue weighted by Crippen LogP contribution is 2.12. The van der Waals surface area contributed by atoms with Crippen molar-refractivity contribution in [1.29, 1.82) is 0 Å². The predicted molar refractivity (Wildman–Crippen MR) is 62.7 cm³/mol. The number of nitrogens with zero attached hydrogens (tertiary/aromatic N) is 1. The number of rotatable bonds is 4. The van der Waals surface area contributed by atoms with Gasteiger partial charge in [-0.25, -0.2) is 9.78 Å². The minimum absolute atomic E-state index is 0.0181. The molecule has 5 heteroatoms. The second-order valence-corrected chi connectivity index (χ2v) is 3.86. The molecule has 0 saturated heterocycles. The number of carbonyl (C=O) groups excluding carboxylic acids is 1. The summed E-state index contributed by atoms with van der Waals surface area (Å²) in [4.78, 5) is 25.7. The van der Waals surface area contributed by atoms with E-state index >= 15 is 0 Å². The van der Waals surface area contributed by atoms with E-state index in [0.29, 0.717) is 17.9 Å². The molecule has 2 rings (SSSR count). The van der Waals surface area contributed by atoms with Gasteiger partial charge >= 0.3 is 5.97 Å². The third-order valence-electron chi connectivity index (χ3n) is 2.46. The number of aromatic nitrogens is 1. The molecule has 0 bridgehead atoms. The zero-order chi connectivity index (χ0) is 13.1. The van der Waals surface area contributed by atoms with Gasteiger partial charge in [-0.1, -0.05) is 18.2 Å². The Hall–Kier alpha value is -2.43. The van der Waals surface area contributed by atoms with Gasteiger partial charge in [-0.15, -0.1) is 0 Å². The van der Waals surface area contributed by atoms with Crippen LogP contribution in [0.1, 0.15) is 39.2 Å². The van der Waals surface area contributed by atoms with E-state index in [1.165, 1.54) is 6.92 Å². The monoisotopic (exact) mass is 245 g/mol. The van der Waals surface area contributed by atoms with E-state index in [1.54, 1.807) is 18.2 Å². The molecule has 0 aliphatic heterocycles. The number of benzene rings is 1. The molecule has 0 amide bonds.